The third-order valence-corrected chi connectivity index (χ3v) is 12.3. The minimum absolute atomic E-state index is 0.552. The molecule has 294 valence electrons. The van der Waals surface area contributed by atoms with Gasteiger partial charge in [0.15, 0.2) is 17.5 Å². The summed E-state index contributed by atoms with van der Waals surface area (Å²) in [6.45, 7) is 0. The molecular weight excluding hydrogens is 773 g/mol. The van der Waals surface area contributed by atoms with Crippen molar-refractivity contribution in [3.8, 4) is 62.1 Å². The minimum Gasteiger partial charge on any atom is -0.456 e. The van der Waals surface area contributed by atoms with Crippen LogP contribution < -0.4 is 0 Å². The van der Waals surface area contributed by atoms with Crippen LogP contribution in [0.4, 0.5) is 0 Å². The fourth-order valence-corrected chi connectivity index (χ4v) is 9.27. The van der Waals surface area contributed by atoms with Crippen molar-refractivity contribution >= 4 is 65.7 Å². The third-order valence-electron chi connectivity index (χ3n) is 12.3. The number of para-hydroxylation sites is 2. The van der Waals surface area contributed by atoms with Crippen LogP contribution in [-0.2, 0) is 0 Å². The van der Waals surface area contributed by atoms with Gasteiger partial charge in [-0.15, -0.1) is 0 Å². The summed E-state index contributed by atoms with van der Waals surface area (Å²) in [5.41, 5.74) is 13.8. The first kappa shape index (κ1) is 35.2. The monoisotopic (exact) mass is 806 g/mol. The van der Waals surface area contributed by atoms with E-state index < -0.39 is 0 Å². The Labute approximate surface area is 361 Å². The van der Waals surface area contributed by atoms with E-state index in [4.69, 9.17) is 23.8 Å². The van der Waals surface area contributed by atoms with Crippen LogP contribution in [0, 0.1) is 0 Å². The van der Waals surface area contributed by atoms with Crippen LogP contribution in [0.5, 0.6) is 0 Å². The van der Waals surface area contributed by atoms with Crippen molar-refractivity contribution in [1.82, 2.24) is 19.5 Å². The molecule has 0 aliphatic rings. The Hall–Kier alpha value is -8.61. The van der Waals surface area contributed by atoms with Crippen molar-refractivity contribution in [3.05, 3.63) is 206 Å². The summed E-state index contributed by atoms with van der Waals surface area (Å²) >= 11 is 0. The molecule has 4 heterocycles. The molecule has 0 amide bonds. The quantitative estimate of drug-likeness (QED) is 0.167. The molecule has 0 aliphatic carbocycles. The van der Waals surface area contributed by atoms with Crippen molar-refractivity contribution in [3.63, 3.8) is 0 Å². The summed E-state index contributed by atoms with van der Waals surface area (Å²) in [4.78, 5) is 15.2. The number of rotatable bonds is 6. The Morgan fingerprint density at radius 2 is 0.794 bits per heavy atom. The Balaban J connectivity index is 0.918. The zero-order valence-corrected chi connectivity index (χ0v) is 33.7. The molecule has 0 saturated heterocycles. The van der Waals surface area contributed by atoms with Crippen LogP contribution in [0.25, 0.3) is 128 Å². The normalized spacial score (nSPS) is 11.8. The molecule has 13 rings (SSSR count). The topological polar surface area (TPSA) is 69.9 Å². The Bertz CT molecular complexity index is 3870. The van der Waals surface area contributed by atoms with Crippen LogP contribution >= 0.6 is 0 Å². The third kappa shape index (κ3) is 5.76. The average molecular weight is 807 g/mol. The summed E-state index contributed by atoms with van der Waals surface area (Å²) in [5, 5.41) is 6.60. The predicted octanol–water partition coefficient (Wildman–Crippen LogP) is 15.1. The maximum atomic E-state index is 6.65. The van der Waals surface area contributed by atoms with Crippen molar-refractivity contribution in [2.45, 2.75) is 0 Å². The largest absolute Gasteiger partial charge is 0.456 e. The highest BCUT2D eigenvalue weighted by atomic mass is 16.3. The van der Waals surface area contributed by atoms with Gasteiger partial charge in [0.2, 0.25) is 0 Å². The maximum absolute atomic E-state index is 6.65. The lowest BCUT2D eigenvalue weighted by Crippen LogP contribution is -2.00. The smallest absolute Gasteiger partial charge is 0.164 e. The van der Waals surface area contributed by atoms with Gasteiger partial charge in [-0.2, -0.15) is 0 Å². The highest BCUT2D eigenvalue weighted by Crippen LogP contribution is 2.40. The second-order valence-electron chi connectivity index (χ2n) is 16.0. The van der Waals surface area contributed by atoms with Gasteiger partial charge in [-0.25, -0.2) is 15.0 Å². The van der Waals surface area contributed by atoms with E-state index in [1.165, 1.54) is 21.9 Å². The molecule has 0 spiro atoms. The van der Waals surface area contributed by atoms with Crippen molar-refractivity contribution < 1.29 is 8.83 Å². The number of nitrogens with zero attached hydrogens (tertiary/aromatic N) is 4. The molecule has 0 N–H and O–H groups in total. The van der Waals surface area contributed by atoms with E-state index in [1.54, 1.807) is 0 Å². The van der Waals surface area contributed by atoms with Crippen molar-refractivity contribution in [1.29, 1.82) is 0 Å². The Kier molecular flexibility index (Phi) is 7.80. The molecule has 63 heavy (non-hydrogen) atoms. The van der Waals surface area contributed by atoms with Gasteiger partial charge in [-0.1, -0.05) is 140 Å². The second kappa shape index (κ2) is 14.0. The van der Waals surface area contributed by atoms with E-state index in [2.05, 4.69) is 162 Å². The van der Waals surface area contributed by atoms with Gasteiger partial charge < -0.3 is 13.4 Å². The molecule has 0 radical (unpaired) electrons. The van der Waals surface area contributed by atoms with Gasteiger partial charge in [0, 0.05) is 43.6 Å². The molecule has 0 atom stereocenters. The lowest BCUT2D eigenvalue weighted by Gasteiger charge is -2.10. The molecule has 0 unspecified atom stereocenters. The molecule has 0 aliphatic heterocycles. The van der Waals surface area contributed by atoms with Gasteiger partial charge in [0.1, 0.15) is 22.3 Å². The summed E-state index contributed by atoms with van der Waals surface area (Å²) in [7, 11) is 0. The lowest BCUT2D eigenvalue weighted by molar-refractivity contribution is 0.668. The molecule has 6 nitrogen and oxygen atoms in total. The molecule has 13 aromatic rings. The molecule has 6 heteroatoms. The van der Waals surface area contributed by atoms with Gasteiger partial charge in [0.05, 0.1) is 22.1 Å². The number of furan rings is 2. The van der Waals surface area contributed by atoms with Crippen molar-refractivity contribution in [2.75, 3.05) is 0 Å². The number of fused-ring (bicyclic) bond motifs is 9. The number of hydrogen-bond acceptors (Lipinski definition) is 5. The standard InChI is InChI=1S/C57H34N4O2/c1-3-13-35(14-4-1)37-17-11-18-38(31-37)39-27-30-50-46(32-39)44-28-25-40(33-52(44)62-50)56-58-55(36-15-5-2-6-16-36)59-57(60-56)41-26-29-45-53(34-41)63-51-24-12-23-49(54(45)51)61-47-21-9-7-19-42(47)43-20-8-10-22-48(43)61/h1-34H. The van der Waals surface area contributed by atoms with Crippen LogP contribution in [-0.4, -0.2) is 19.5 Å². The van der Waals surface area contributed by atoms with E-state index in [-0.39, 0.29) is 0 Å². The van der Waals surface area contributed by atoms with E-state index in [9.17, 15) is 0 Å². The van der Waals surface area contributed by atoms with Gasteiger partial charge in [-0.05, 0) is 89.0 Å². The fourth-order valence-electron chi connectivity index (χ4n) is 9.27. The molecule has 0 saturated carbocycles. The lowest BCUT2D eigenvalue weighted by atomic mass is 9.98. The Morgan fingerprint density at radius 1 is 0.286 bits per heavy atom. The van der Waals surface area contributed by atoms with E-state index in [0.29, 0.717) is 17.5 Å². The number of benzene rings is 9. The SMILES string of the molecule is c1ccc(-c2cccc(-c3ccc4oc5cc(-c6nc(-c7ccccc7)nc(-c7ccc8c(c7)oc7cccc(-n9c%10ccccc%10c%10ccccc%109)c78)n6)ccc5c4c3)c2)cc1. The predicted molar refractivity (Wildman–Crippen MR) is 256 cm³/mol. The second-order valence-corrected chi connectivity index (χ2v) is 16.0. The zero-order chi connectivity index (χ0) is 41.4. The Morgan fingerprint density at radius 3 is 1.49 bits per heavy atom. The summed E-state index contributed by atoms with van der Waals surface area (Å²) < 4.78 is 15.5. The van der Waals surface area contributed by atoms with E-state index in [1.807, 2.05) is 48.5 Å². The first-order valence-electron chi connectivity index (χ1n) is 21.1. The average Bonchev–Trinajstić information content (AvgIpc) is 4.03. The number of aromatic nitrogens is 4. The van der Waals surface area contributed by atoms with E-state index in [0.717, 1.165) is 88.4 Å². The summed E-state index contributed by atoms with van der Waals surface area (Å²) in [6.07, 6.45) is 0. The van der Waals surface area contributed by atoms with Crippen LogP contribution in [0.3, 0.4) is 0 Å². The van der Waals surface area contributed by atoms with Crippen LogP contribution in [0.1, 0.15) is 0 Å². The summed E-state index contributed by atoms with van der Waals surface area (Å²) in [5.74, 6) is 1.69. The van der Waals surface area contributed by atoms with Gasteiger partial charge >= 0.3 is 0 Å². The molecule has 0 fully saturated rings. The maximum Gasteiger partial charge on any atom is 0.164 e. The molecule has 0 bridgehead atoms. The highest BCUT2D eigenvalue weighted by molar-refractivity contribution is 6.15. The molecular formula is C57H34N4O2. The molecule has 9 aromatic carbocycles. The number of hydrogen-bond donors (Lipinski definition) is 0. The van der Waals surface area contributed by atoms with Crippen LogP contribution in [0.15, 0.2) is 215 Å². The summed E-state index contributed by atoms with van der Waals surface area (Å²) in [6, 6.07) is 71.6. The fraction of sp³-hybridized carbons (Fsp3) is 0. The first-order chi connectivity index (χ1) is 31.2. The van der Waals surface area contributed by atoms with Crippen molar-refractivity contribution in [2.24, 2.45) is 0 Å². The minimum atomic E-state index is 0.552. The van der Waals surface area contributed by atoms with E-state index >= 15 is 0 Å². The van der Waals surface area contributed by atoms with Gasteiger partial charge in [0.25, 0.3) is 0 Å². The highest BCUT2D eigenvalue weighted by Gasteiger charge is 2.20. The zero-order valence-electron chi connectivity index (χ0n) is 33.7. The van der Waals surface area contributed by atoms with Crippen LogP contribution in [0.2, 0.25) is 0 Å². The molecule has 4 aromatic heterocycles. The van der Waals surface area contributed by atoms with Gasteiger partial charge in [-0.3, -0.25) is 0 Å². The first-order valence-corrected chi connectivity index (χ1v) is 21.1.